The standard InChI is InChI=1S/C39H34ClN7O7S5/c1-23-18-31(46(42-23)27-10-6-4-7-11-27)34(36(49)44-58(51,52)29-14-15-30(40)26(20-29)21-48)35(32-19-24(2)43-47(32)28-12-8-5-9-13-28)37(50)45-59(53,54)38-33(16-17-55-38)57-39-41-25(3)22-56-39/h4-20,22,34-35,48H,21H2,1-3H3,(H,44,49)(H,45,50). The van der Waals surface area contributed by atoms with Crippen molar-refractivity contribution in [2.24, 2.45) is 0 Å². The molecule has 2 unspecified atom stereocenters. The number of aromatic nitrogens is 5. The number of aryl methyl sites for hydroxylation is 3. The Morgan fingerprint density at radius 1 is 0.746 bits per heavy atom. The van der Waals surface area contributed by atoms with E-state index in [1.54, 1.807) is 92.0 Å². The molecule has 7 rings (SSSR count). The van der Waals surface area contributed by atoms with Crippen molar-refractivity contribution in [3.63, 3.8) is 0 Å². The van der Waals surface area contributed by atoms with Crippen LogP contribution < -0.4 is 9.44 Å². The first kappa shape index (κ1) is 42.0. The van der Waals surface area contributed by atoms with Gasteiger partial charge in [0.1, 0.15) is 0 Å². The van der Waals surface area contributed by atoms with Crippen molar-refractivity contribution < 1.29 is 31.5 Å². The van der Waals surface area contributed by atoms with Gasteiger partial charge in [0.05, 0.1) is 57.5 Å². The van der Waals surface area contributed by atoms with Crippen LogP contribution in [0.1, 0.15) is 45.9 Å². The second-order valence-electron chi connectivity index (χ2n) is 13.2. The van der Waals surface area contributed by atoms with Crippen LogP contribution >= 0.6 is 46.0 Å². The molecule has 3 aromatic carbocycles. The molecular weight excluding hydrogens is 874 g/mol. The van der Waals surface area contributed by atoms with Crippen LogP contribution in [0.2, 0.25) is 5.02 Å². The highest BCUT2D eigenvalue weighted by atomic mass is 35.5. The van der Waals surface area contributed by atoms with Gasteiger partial charge in [-0.15, -0.1) is 22.7 Å². The lowest BCUT2D eigenvalue weighted by atomic mass is 9.84. The second kappa shape index (κ2) is 17.2. The Hall–Kier alpha value is -5.15. The second-order valence-corrected chi connectivity index (χ2v) is 20.2. The number of carbonyl (C=O) groups is 2. The van der Waals surface area contributed by atoms with Crippen LogP contribution in [0, 0.1) is 20.8 Å². The molecule has 4 aromatic heterocycles. The summed E-state index contributed by atoms with van der Waals surface area (Å²) in [6, 6.07) is 25.6. The Morgan fingerprint density at radius 3 is 1.80 bits per heavy atom. The molecule has 0 spiro atoms. The average Bonchev–Trinajstić information content (AvgIpc) is 4.02. The van der Waals surface area contributed by atoms with Gasteiger partial charge in [-0.05, 0) is 92.4 Å². The van der Waals surface area contributed by atoms with E-state index >= 15 is 9.59 Å². The number of para-hydroxylation sites is 2. The first-order valence-corrected chi connectivity index (χ1v) is 23.5. The molecule has 0 saturated heterocycles. The third kappa shape index (κ3) is 9.05. The Kier molecular flexibility index (Phi) is 12.3. The quantitative estimate of drug-likeness (QED) is 0.105. The maximum Gasteiger partial charge on any atom is 0.274 e. The van der Waals surface area contributed by atoms with Crippen LogP contribution in [0.4, 0.5) is 0 Å². The predicted octanol–water partition coefficient (Wildman–Crippen LogP) is 6.68. The first-order valence-electron chi connectivity index (χ1n) is 17.6. The maximum atomic E-state index is 15.1. The van der Waals surface area contributed by atoms with Gasteiger partial charge in [0.15, 0.2) is 8.55 Å². The van der Waals surface area contributed by atoms with Gasteiger partial charge in [-0.1, -0.05) is 59.8 Å². The molecular formula is C39H34ClN7O7S5. The number of hydrogen-bond donors (Lipinski definition) is 3. The van der Waals surface area contributed by atoms with Gasteiger partial charge < -0.3 is 5.11 Å². The minimum Gasteiger partial charge on any atom is -0.392 e. The molecule has 0 aliphatic rings. The van der Waals surface area contributed by atoms with Crippen molar-refractivity contribution in [2.45, 2.75) is 57.6 Å². The van der Waals surface area contributed by atoms with Gasteiger partial charge in [-0.2, -0.15) is 10.2 Å². The number of amides is 2. The van der Waals surface area contributed by atoms with E-state index in [-0.39, 0.29) is 26.2 Å². The zero-order valence-corrected chi connectivity index (χ0v) is 36.1. The zero-order valence-electron chi connectivity index (χ0n) is 31.3. The fraction of sp³-hybridized carbons (Fsp3) is 0.154. The molecule has 20 heteroatoms. The summed E-state index contributed by atoms with van der Waals surface area (Å²) >= 11 is 9.52. The van der Waals surface area contributed by atoms with Crippen molar-refractivity contribution in [3.8, 4) is 11.4 Å². The molecule has 3 N–H and O–H groups in total. The highest BCUT2D eigenvalue weighted by Crippen LogP contribution is 2.40. The molecule has 2 atom stereocenters. The van der Waals surface area contributed by atoms with Crippen LogP contribution in [0.3, 0.4) is 0 Å². The summed E-state index contributed by atoms with van der Waals surface area (Å²) in [6.07, 6.45) is 0. The Labute approximate surface area is 357 Å². The van der Waals surface area contributed by atoms with Gasteiger partial charge in [-0.25, -0.2) is 40.6 Å². The predicted molar refractivity (Wildman–Crippen MR) is 225 cm³/mol. The van der Waals surface area contributed by atoms with Gasteiger partial charge in [0, 0.05) is 21.0 Å². The molecule has 0 fully saturated rings. The molecule has 0 radical (unpaired) electrons. The molecule has 4 heterocycles. The fourth-order valence-electron chi connectivity index (χ4n) is 6.31. The summed E-state index contributed by atoms with van der Waals surface area (Å²) in [7, 11) is -9.35. The van der Waals surface area contributed by atoms with E-state index in [1.807, 2.05) is 12.3 Å². The molecule has 14 nitrogen and oxygen atoms in total. The summed E-state index contributed by atoms with van der Waals surface area (Å²) in [4.78, 5) is 34.5. The number of aliphatic hydroxyl groups excluding tert-OH is 1. The summed E-state index contributed by atoms with van der Waals surface area (Å²) in [5.41, 5.74) is 2.77. The highest BCUT2D eigenvalue weighted by molar-refractivity contribution is 8.02. The van der Waals surface area contributed by atoms with E-state index in [4.69, 9.17) is 11.6 Å². The number of benzene rings is 3. The first-order chi connectivity index (χ1) is 28.1. The topological polar surface area (TPSA) is 195 Å². The van der Waals surface area contributed by atoms with E-state index in [9.17, 15) is 21.9 Å². The summed E-state index contributed by atoms with van der Waals surface area (Å²) in [5, 5.41) is 22.6. The van der Waals surface area contributed by atoms with E-state index in [0.29, 0.717) is 32.0 Å². The van der Waals surface area contributed by atoms with E-state index in [2.05, 4.69) is 24.6 Å². The summed E-state index contributed by atoms with van der Waals surface area (Å²) in [6.45, 7) is 4.57. The number of hydrogen-bond acceptors (Lipinski definition) is 13. The number of sulfonamides is 2. The summed E-state index contributed by atoms with van der Waals surface area (Å²) in [5.74, 6) is -5.89. The zero-order chi connectivity index (χ0) is 42.1. The van der Waals surface area contributed by atoms with Crippen LogP contribution in [0.5, 0.6) is 0 Å². The Morgan fingerprint density at radius 2 is 1.29 bits per heavy atom. The van der Waals surface area contributed by atoms with Crippen LogP contribution in [0.25, 0.3) is 11.4 Å². The van der Waals surface area contributed by atoms with Gasteiger partial charge in [0.25, 0.3) is 20.0 Å². The third-order valence-corrected chi connectivity index (χ3v) is 15.8. The third-order valence-electron chi connectivity index (χ3n) is 8.86. The van der Waals surface area contributed by atoms with Crippen molar-refractivity contribution in [3.05, 3.63) is 147 Å². The van der Waals surface area contributed by atoms with Crippen LogP contribution in [-0.2, 0) is 36.2 Å². The van der Waals surface area contributed by atoms with Gasteiger partial charge in [0.2, 0.25) is 11.8 Å². The SMILES string of the molecule is Cc1csc(Sc2ccsc2S(=O)(=O)NC(=O)C(c2cc(C)nn2-c2ccccc2)C(C(=O)NS(=O)(=O)c2ccc(Cl)c(CO)c2)c2cc(C)nn2-c2ccccc2)n1. The van der Waals surface area contributed by atoms with Crippen molar-refractivity contribution in [1.29, 1.82) is 0 Å². The van der Waals surface area contributed by atoms with Crippen molar-refractivity contribution in [1.82, 2.24) is 34.0 Å². The lowest BCUT2D eigenvalue weighted by Gasteiger charge is -2.27. The van der Waals surface area contributed by atoms with E-state index in [1.165, 1.54) is 38.9 Å². The number of aliphatic hydroxyl groups is 1. The van der Waals surface area contributed by atoms with Crippen LogP contribution in [0.15, 0.2) is 126 Å². The molecule has 0 bridgehead atoms. The molecule has 0 aliphatic heterocycles. The lowest BCUT2D eigenvalue weighted by molar-refractivity contribution is -0.127. The number of carbonyl (C=O) groups excluding carboxylic acids is 2. The van der Waals surface area contributed by atoms with E-state index < -0.39 is 55.2 Å². The summed E-state index contributed by atoms with van der Waals surface area (Å²) < 4.78 is 64.3. The monoisotopic (exact) mass is 907 g/mol. The Bertz CT molecular complexity index is 2890. The normalized spacial score (nSPS) is 12.9. The fourth-order valence-corrected chi connectivity index (χ4v) is 12.2. The minimum atomic E-state index is -4.71. The molecule has 7 aromatic rings. The number of nitrogens with one attached hydrogen (secondary N) is 2. The number of nitrogens with zero attached hydrogens (tertiary/aromatic N) is 5. The number of rotatable bonds is 14. The largest absolute Gasteiger partial charge is 0.392 e. The van der Waals surface area contributed by atoms with Crippen molar-refractivity contribution in [2.75, 3.05) is 0 Å². The molecule has 304 valence electrons. The molecule has 0 aliphatic carbocycles. The van der Waals surface area contributed by atoms with E-state index in [0.717, 1.165) is 34.9 Å². The highest BCUT2D eigenvalue weighted by Gasteiger charge is 2.44. The maximum absolute atomic E-state index is 15.1. The van der Waals surface area contributed by atoms with Crippen molar-refractivity contribution >= 4 is 77.9 Å². The smallest absolute Gasteiger partial charge is 0.274 e. The number of halogens is 1. The molecule has 0 saturated carbocycles. The minimum absolute atomic E-state index is 0.0658. The Balaban J connectivity index is 1.41. The van der Waals surface area contributed by atoms with Gasteiger partial charge in [-0.3, -0.25) is 9.59 Å². The average molecular weight is 909 g/mol. The number of thiophene rings is 1. The molecule has 59 heavy (non-hydrogen) atoms. The lowest BCUT2D eigenvalue weighted by Crippen LogP contribution is -2.44. The number of thiazole rings is 1. The molecule has 2 amide bonds. The van der Waals surface area contributed by atoms with Crippen LogP contribution in [-0.4, -0.2) is 58.3 Å². The van der Waals surface area contributed by atoms with Gasteiger partial charge >= 0.3 is 0 Å².